The normalized spacial score (nSPS) is 10.6. The molecule has 0 aliphatic heterocycles. The van der Waals surface area contributed by atoms with Crippen molar-refractivity contribution in [3.05, 3.63) is 53.6 Å². The van der Waals surface area contributed by atoms with Gasteiger partial charge in [-0.3, -0.25) is 10.1 Å². The molecule has 1 heterocycles. The molecule has 0 bridgehead atoms. The van der Waals surface area contributed by atoms with Gasteiger partial charge in [-0.25, -0.2) is 0 Å². The molecule has 3 rings (SSSR count). The van der Waals surface area contributed by atoms with Crippen LogP contribution in [-0.4, -0.2) is 29.5 Å². The maximum absolute atomic E-state index is 12.2. The number of aryl methyl sites for hydroxylation is 1. The second-order valence-electron chi connectivity index (χ2n) is 5.67. The monoisotopic (exact) mass is 369 g/mol. The fraction of sp³-hybridized carbons (Fsp3) is 0.211. The van der Waals surface area contributed by atoms with E-state index in [0.29, 0.717) is 5.89 Å². The van der Waals surface area contributed by atoms with E-state index in [1.54, 1.807) is 18.9 Å². The topological polar surface area (TPSA) is 77.2 Å². The Morgan fingerprint density at radius 3 is 2.62 bits per heavy atom. The number of thioether (sulfide) groups is 1. The first-order valence-electron chi connectivity index (χ1n) is 8.00. The molecule has 0 saturated heterocycles. The quantitative estimate of drug-likeness (QED) is 0.663. The molecule has 0 unspecified atom stereocenters. The van der Waals surface area contributed by atoms with E-state index in [9.17, 15) is 4.79 Å². The van der Waals surface area contributed by atoms with Crippen LogP contribution in [0.15, 0.2) is 51.8 Å². The Kier molecular flexibility index (Phi) is 5.58. The fourth-order valence-electron chi connectivity index (χ4n) is 2.52. The molecule has 0 saturated carbocycles. The summed E-state index contributed by atoms with van der Waals surface area (Å²) in [6.07, 6.45) is 2.23. The maximum Gasteiger partial charge on any atom is 0.322 e. The molecule has 1 N–H and O–H groups in total. The number of ether oxygens (including phenoxy) is 1. The van der Waals surface area contributed by atoms with Crippen molar-refractivity contribution in [2.24, 2.45) is 0 Å². The minimum atomic E-state index is -0.220. The second-order valence-corrected chi connectivity index (χ2v) is 6.55. The lowest BCUT2D eigenvalue weighted by Gasteiger charge is -2.07. The number of aromatic nitrogens is 2. The smallest absolute Gasteiger partial charge is 0.322 e. The van der Waals surface area contributed by atoms with E-state index in [0.717, 1.165) is 27.3 Å². The predicted molar refractivity (Wildman–Crippen MR) is 102 cm³/mol. The van der Waals surface area contributed by atoms with Crippen LogP contribution in [-0.2, 0) is 11.2 Å². The highest BCUT2D eigenvalue weighted by Crippen LogP contribution is 2.23. The summed E-state index contributed by atoms with van der Waals surface area (Å²) in [5.74, 6) is 0.943. The van der Waals surface area contributed by atoms with Gasteiger partial charge in [0.25, 0.3) is 0 Å². The van der Waals surface area contributed by atoms with E-state index in [4.69, 9.17) is 9.15 Å². The summed E-state index contributed by atoms with van der Waals surface area (Å²) in [5.41, 5.74) is 2.67. The molecule has 134 valence electrons. The van der Waals surface area contributed by atoms with Crippen molar-refractivity contribution in [2.75, 3.05) is 18.7 Å². The predicted octanol–water partition coefficient (Wildman–Crippen LogP) is 3.96. The van der Waals surface area contributed by atoms with Crippen LogP contribution >= 0.6 is 11.8 Å². The molecule has 1 aromatic heterocycles. The number of amides is 1. The van der Waals surface area contributed by atoms with E-state index >= 15 is 0 Å². The summed E-state index contributed by atoms with van der Waals surface area (Å²) in [4.78, 5) is 13.4. The van der Waals surface area contributed by atoms with Gasteiger partial charge in [-0.2, -0.15) is 0 Å². The van der Waals surface area contributed by atoms with Crippen LogP contribution in [0.25, 0.3) is 11.5 Å². The van der Waals surface area contributed by atoms with E-state index in [1.807, 2.05) is 55.6 Å². The van der Waals surface area contributed by atoms with Gasteiger partial charge in [0.15, 0.2) is 0 Å². The van der Waals surface area contributed by atoms with Crippen LogP contribution in [0.2, 0.25) is 0 Å². The van der Waals surface area contributed by atoms with Crippen molar-refractivity contribution in [1.82, 2.24) is 10.2 Å². The van der Waals surface area contributed by atoms with Crippen LogP contribution in [0, 0.1) is 6.92 Å². The van der Waals surface area contributed by atoms with Gasteiger partial charge in [0.2, 0.25) is 11.8 Å². The van der Waals surface area contributed by atoms with Gasteiger partial charge in [0.05, 0.1) is 13.5 Å². The van der Waals surface area contributed by atoms with Crippen LogP contribution < -0.4 is 10.1 Å². The van der Waals surface area contributed by atoms with Crippen molar-refractivity contribution in [3.63, 3.8) is 0 Å². The third kappa shape index (κ3) is 4.23. The standard InChI is InChI=1S/C19H19N3O3S/c1-12-10-13(4-9-16(12)24-2)11-17(23)20-19-22-21-18(25-19)14-5-7-15(26-3)8-6-14/h4-10H,11H2,1-3H3,(H,20,22,23). The number of hydrogen-bond acceptors (Lipinski definition) is 6. The number of rotatable bonds is 6. The molecular weight excluding hydrogens is 350 g/mol. The second kappa shape index (κ2) is 8.05. The number of carbonyl (C=O) groups is 1. The van der Waals surface area contributed by atoms with Gasteiger partial charge in [0, 0.05) is 10.5 Å². The largest absolute Gasteiger partial charge is 0.496 e. The highest BCUT2D eigenvalue weighted by atomic mass is 32.2. The minimum absolute atomic E-state index is 0.0872. The Morgan fingerprint density at radius 2 is 1.96 bits per heavy atom. The highest BCUT2D eigenvalue weighted by molar-refractivity contribution is 7.98. The van der Waals surface area contributed by atoms with Gasteiger partial charge in [-0.15, -0.1) is 16.9 Å². The Bertz CT molecular complexity index is 907. The number of methoxy groups -OCH3 is 1. The summed E-state index contributed by atoms with van der Waals surface area (Å²) in [7, 11) is 1.62. The van der Waals surface area contributed by atoms with Gasteiger partial charge >= 0.3 is 6.01 Å². The lowest BCUT2D eigenvalue weighted by Crippen LogP contribution is -2.14. The molecule has 0 radical (unpaired) electrons. The third-order valence-electron chi connectivity index (χ3n) is 3.83. The van der Waals surface area contributed by atoms with Crippen molar-refractivity contribution < 1.29 is 13.9 Å². The zero-order valence-electron chi connectivity index (χ0n) is 14.8. The lowest BCUT2D eigenvalue weighted by molar-refractivity contribution is -0.115. The summed E-state index contributed by atoms with van der Waals surface area (Å²) >= 11 is 1.66. The molecule has 7 heteroatoms. The summed E-state index contributed by atoms with van der Waals surface area (Å²) < 4.78 is 10.8. The number of carbonyl (C=O) groups excluding carboxylic acids is 1. The van der Waals surface area contributed by atoms with Gasteiger partial charge in [-0.1, -0.05) is 17.2 Å². The van der Waals surface area contributed by atoms with E-state index < -0.39 is 0 Å². The molecule has 6 nitrogen and oxygen atoms in total. The zero-order chi connectivity index (χ0) is 18.5. The number of hydrogen-bond donors (Lipinski definition) is 1. The minimum Gasteiger partial charge on any atom is -0.496 e. The van der Waals surface area contributed by atoms with Crippen molar-refractivity contribution >= 4 is 23.7 Å². The van der Waals surface area contributed by atoms with Crippen LogP contribution in [0.5, 0.6) is 5.75 Å². The van der Waals surface area contributed by atoms with Gasteiger partial charge < -0.3 is 9.15 Å². The first-order valence-corrected chi connectivity index (χ1v) is 9.23. The molecule has 1 amide bonds. The van der Waals surface area contributed by atoms with Crippen molar-refractivity contribution in [1.29, 1.82) is 0 Å². The van der Waals surface area contributed by atoms with Gasteiger partial charge in [-0.05, 0) is 54.6 Å². The molecule has 3 aromatic rings. The fourth-order valence-corrected chi connectivity index (χ4v) is 2.93. The van der Waals surface area contributed by atoms with Crippen molar-refractivity contribution in [3.8, 4) is 17.2 Å². The highest BCUT2D eigenvalue weighted by Gasteiger charge is 2.12. The molecule has 2 aromatic carbocycles. The summed E-state index contributed by atoms with van der Waals surface area (Å²) in [6, 6.07) is 13.5. The molecule has 0 aliphatic carbocycles. The lowest BCUT2D eigenvalue weighted by atomic mass is 10.1. The van der Waals surface area contributed by atoms with E-state index in [2.05, 4.69) is 15.5 Å². The van der Waals surface area contributed by atoms with Crippen LogP contribution in [0.1, 0.15) is 11.1 Å². The number of anilines is 1. The average Bonchev–Trinajstić information content (AvgIpc) is 3.10. The Balaban J connectivity index is 1.64. The van der Waals surface area contributed by atoms with Crippen molar-refractivity contribution in [2.45, 2.75) is 18.2 Å². The Hall–Kier alpha value is -2.80. The zero-order valence-corrected chi connectivity index (χ0v) is 15.6. The molecule has 0 atom stereocenters. The molecular formula is C19H19N3O3S. The molecule has 26 heavy (non-hydrogen) atoms. The number of nitrogens with zero attached hydrogens (tertiary/aromatic N) is 2. The average molecular weight is 369 g/mol. The maximum atomic E-state index is 12.2. The number of benzene rings is 2. The Morgan fingerprint density at radius 1 is 1.19 bits per heavy atom. The van der Waals surface area contributed by atoms with E-state index in [1.165, 1.54) is 0 Å². The molecule has 0 spiro atoms. The third-order valence-corrected chi connectivity index (χ3v) is 4.58. The first-order chi connectivity index (χ1) is 12.6. The number of nitrogens with one attached hydrogen (secondary N) is 1. The Labute approximate surface area is 156 Å². The molecule has 0 aliphatic rings. The first kappa shape index (κ1) is 18.0. The molecule has 0 fully saturated rings. The summed E-state index contributed by atoms with van der Waals surface area (Å²) in [5, 5.41) is 10.5. The van der Waals surface area contributed by atoms with Crippen LogP contribution in [0.4, 0.5) is 6.01 Å². The van der Waals surface area contributed by atoms with E-state index in [-0.39, 0.29) is 18.3 Å². The van der Waals surface area contributed by atoms with Crippen LogP contribution in [0.3, 0.4) is 0 Å². The summed E-state index contributed by atoms with van der Waals surface area (Å²) in [6.45, 7) is 1.94. The van der Waals surface area contributed by atoms with Gasteiger partial charge in [0.1, 0.15) is 5.75 Å². The SMILES string of the molecule is COc1ccc(CC(=O)Nc2nnc(-c3ccc(SC)cc3)o2)cc1C.